The van der Waals surface area contributed by atoms with Crippen molar-refractivity contribution in [3.63, 3.8) is 0 Å². The number of ether oxygens (including phenoxy) is 1. The molecule has 0 radical (unpaired) electrons. The Hall–Kier alpha value is -3.24. The molecule has 1 N–H and O–H groups in total. The second-order valence-corrected chi connectivity index (χ2v) is 6.06. The molecule has 1 atom stereocenters. The number of hydrogen-bond donors (Lipinski definition) is 1. The van der Waals surface area contributed by atoms with Crippen molar-refractivity contribution in [3.05, 3.63) is 102 Å². The molecule has 4 rings (SSSR count). The third-order valence-corrected chi connectivity index (χ3v) is 4.60. The smallest absolute Gasteiger partial charge is 0.159 e. The minimum absolute atomic E-state index is 0.545. The highest BCUT2D eigenvalue weighted by atomic mass is 16.5. The fourth-order valence-electron chi connectivity index (χ4n) is 3.26. The second-order valence-electron chi connectivity index (χ2n) is 6.06. The molecule has 128 valence electrons. The first kappa shape index (κ1) is 16.2. The Kier molecular flexibility index (Phi) is 4.11. The van der Waals surface area contributed by atoms with Crippen LogP contribution in [0.5, 0.6) is 5.75 Å². The van der Waals surface area contributed by atoms with Crippen LogP contribution in [0.3, 0.4) is 0 Å². The summed E-state index contributed by atoms with van der Waals surface area (Å²) in [5.41, 5.74) is 0.513. The Morgan fingerprint density at radius 2 is 1.65 bits per heavy atom. The van der Waals surface area contributed by atoms with E-state index in [1.165, 1.54) is 0 Å². The van der Waals surface area contributed by atoms with E-state index in [0.717, 1.165) is 16.5 Å². The topological polar surface area (TPSA) is 55.2 Å². The van der Waals surface area contributed by atoms with Gasteiger partial charge in [-0.15, -0.1) is 0 Å². The Bertz CT molecular complexity index is 1030. The van der Waals surface area contributed by atoms with Crippen LogP contribution in [-0.2, 0) is 5.60 Å². The van der Waals surface area contributed by atoms with Crippen molar-refractivity contribution in [2.24, 2.45) is 0 Å². The third-order valence-electron chi connectivity index (χ3n) is 4.60. The molecule has 2 aromatic carbocycles. The van der Waals surface area contributed by atoms with Gasteiger partial charge in [0.1, 0.15) is 5.75 Å². The Morgan fingerprint density at radius 1 is 0.885 bits per heavy atom. The van der Waals surface area contributed by atoms with Crippen molar-refractivity contribution >= 4 is 10.8 Å². The van der Waals surface area contributed by atoms with E-state index in [0.29, 0.717) is 16.8 Å². The molecular formula is C22H18N2O2. The molecule has 1 unspecified atom stereocenters. The van der Waals surface area contributed by atoms with Gasteiger partial charge in [0, 0.05) is 29.5 Å². The number of benzene rings is 2. The van der Waals surface area contributed by atoms with Gasteiger partial charge in [-0.2, -0.15) is 0 Å². The summed E-state index contributed by atoms with van der Waals surface area (Å²) in [6.45, 7) is 0. The molecule has 26 heavy (non-hydrogen) atoms. The van der Waals surface area contributed by atoms with E-state index < -0.39 is 5.60 Å². The summed E-state index contributed by atoms with van der Waals surface area (Å²) in [6.07, 6.45) is 5.19. The van der Waals surface area contributed by atoms with Gasteiger partial charge in [-0.25, -0.2) is 0 Å². The summed E-state index contributed by atoms with van der Waals surface area (Å²) in [5, 5.41) is 13.8. The summed E-state index contributed by atoms with van der Waals surface area (Å²) in [7, 11) is 1.62. The minimum Gasteiger partial charge on any atom is -0.497 e. The minimum atomic E-state index is -1.43. The molecule has 0 spiro atoms. The van der Waals surface area contributed by atoms with Crippen LogP contribution in [0.25, 0.3) is 10.8 Å². The predicted octanol–water partition coefficient (Wildman–Crippen LogP) is 3.92. The highest BCUT2D eigenvalue weighted by Crippen LogP contribution is 2.39. The van der Waals surface area contributed by atoms with Gasteiger partial charge in [-0.3, -0.25) is 9.97 Å². The van der Waals surface area contributed by atoms with Crippen LogP contribution in [0, 0.1) is 0 Å². The standard InChI is InChI=1S/C22H18N2O2/c1-26-18-11-9-17(10-12-18)22(25,21-8-4-5-13-24-21)20-15-23-14-16-6-2-3-7-19(16)20/h2-15,25H,1H3. The van der Waals surface area contributed by atoms with Gasteiger partial charge in [0.25, 0.3) is 0 Å². The second kappa shape index (κ2) is 6.58. The molecule has 4 heteroatoms. The molecular weight excluding hydrogens is 324 g/mol. The fraction of sp³-hybridized carbons (Fsp3) is 0.0909. The maximum atomic E-state index is 11.9. The van der Waals surface area contributed by atoms with Gasteiger partial charge >= 0.3 is 0 Å². The number of nitrogens with zero attached hydrogens (tertiary/aromatic N) is 2. The molecule has 0 saturated heterocycles. The molecule has 0 fully saturated rings. The zero-order valence-corrected chi connectivity index (χ0v) is 14.3. The maximum absolute atomic E-state index is 11.9. The first-order chi connectivity index (χ1) is 12.7. The van der Waals surface area contributed by atoms with E-state index in [-0.39, 0.29) is 0 Å². The monoisotopic (exact) mass is 342 g/mol. The van der Waals surface area contributed by atoms with Gasteiger partial charge in [-0.05, 0) is 35.2 Å². The molecule has 0 aliphatic carbocycles. The summed E-state index contributed by atoms with van der Waals surface area (Å²) < 4.78 is 5.25. The third kappa shape index (κ3) is 2.61. The number of methoxy groups -OCH3 is 1. The number of rotatable bonds is 4. The number of hydrogen-bond acceptors (Lipinski definition) is 4. The first-order valence-electron chi connectivity index (χ1n) is 8.35. The summed E-state index contributed by atoms with van der Waals surface area (Å²) >= 11 is 0. The van der Waals surface area contributed by atoms with Gasteiger partial charge in [-0.1, -0.05) is 42.5 Å². The zero-order valence-electron chi connectivity index (χ0n) is 14.3. The lowest BCUT2D eigenvalue weighted by molar-refractivity contribution is 0.122. The number of fused-ring (bicyclic) bond motifs is 1. The van der Waals surface area contributed by atoms with Crippen molar-refractivity contribution in [1.82, 2.24) is 9.97 Å². The van der Waals surface area contributed by atoms with Crippen LogP contribution in [0.4, 0.5) is 0 Å². The van der Waals surface area contributed by atoms with E-state index in [2.05, 4.69) is 9.97 Å². The van der Waals surface area contributed by atoms with Gasteiger partial charge in [0.05, 0.1) is 12.8 Å². The summed E-state index contributed by atoms with van der Waals surface area (Å²) in [6, 6.07) is 20.8. The molecule has 0 bridgehead atoms. The normalized spacial score (nSPS) is 13.3. The molecule has 2 heterocycles. The van der Waals surface area contributed by atoms with Crippen LogP contribution in [0.15, 0.2) is 85.3 Å². The van der Waals surface area contributed by atoms with E-state index in [1.54, 1.807) is 25.7 Å². The largest absolute Gasteiger partial charge is 0.497 e. The van der Waals surface area contributed by atoms with Crippen molar-refractivity contribution in [1.29, 1.82) is 0 Å². The van der Waals surface area contributed by atoms with Crippen LogP contribution in [-0.4, -0.2) is 22.2 Å². The Morgan fingerprint density at radius 3 is 2.38 bits per heavy atom. The van der Waals surface area contributed by atoms with Crippen molar-refractivity contribution in [2.75, 3.05) is 7.11 Å². The quantitative estimate of drug-likeness (QED) is 0.611. The average molecular weight is 342 g/mol. The predicted molar refractivity (Wildman–Crippen MR) is 101 cm³/mol. The van der Waals surface area contributed by atoms with Crippen LogP contribution < -0.4 is 4.74 Å². The summed E-state index contributed by atoms with van der Waals surface area (Å²) in [5.74, 6) is 0.730. The zero-order chi connectivity index (χ0) is 18.0. The number of pyridine rings is 2. The highest BCUT2D eigenvalue weighted by molar-refractivity contribution is 5.86. The molecule has 0 saturated carbocycles. The van der Waals surface area contributed by atoms with Crippen molar-refractivity contribution in [3.8, 4) is 5.75 Å². The molecule has 4 aromatic rings. The van der Waals surface area contributed by atoms with E-state index in [1.807, 2.05) is 66.7 Å². The first-order valence-corrected chi connectivity index (χ1v) is 8.35. The average Bonchev–Trinajstić information content (AvgIpc) is 2.73. The van der Waals surface area contributed by atoms with E-state index in [9.17, 15) is 5.11 Å². The van der Waals surface area contributed by atoms with Gasteiger partial charge in [0.15, 0.2) is 5.60 Å². The Balaban J connectivity index is 2.02. The molecule has 0 aliphatic rings. The van der Waals surface area contributed by atoms with Crippen molar-refractivity contribution < 1.29 is 9.84 Å². The molecule has 0 aliphatic heterocycles. The maximum Gasteiger partial charge on any atom is 0.159 e. The molecule has 0 amide bonds. The molecule has 4 nitrogen and oxygen atoms in total. The summed E-state index contributed by atoms with van der Waals surface area (Å²) in [4.78, 5) is 8.80. The van der Waals surface area contributed by atoms with Gasteiger partial charge in [0.2, 0.25) is 0 Å². The van der Waals surface area contributed by atoms with Crippen LogP contribution in [0.1, 0.15) is 16.8 Å². The van der Waals surface area contributed by atoms with Crippen molar-refractivity contribution in [2.45, 2.75) is 5.60 Å². The van der Waals surface area contributed by atoms with Gasteiger partial charge < -0.3 is 9.84 Å². The van der Waals surface area contributed by atoms with Crippen LogP contribution in [0.2, 0.25) is 0 Å². The number of aliphatic hydroxyl groups is 1. The number of aromatic nitrogens is 2. The lowest BCUT2D eigenvalue weighted by atomic mass is 9.82. The SMILES string of the molecule is COc1ccc(C(O)(c2ccccn2)c2cncc3ccccc23)cc1. The fourth-order valence-corrected chi connectivity index (χ4v) is 3.26. The molecule has 2 aromatic heterocycles. The Labute approximate surface area is 151 Å². The van der Waals surface area contributed by atoms with Crippen LogP contribution >= 0.6 is 0 Å². The van der Waals surface area contributed by atoms with E-state index in [4.69, 9.17) is 4.74 Å². The van der Waals surface area contributed by atoms with E-state index >= 15 is 0 Å². The lowest BCUT2D eigenvalue weighted by Crippen LogP contribution is -2.30. The lowest BCUT2D eigenvalue weighted by Gasteiger charge is -2.29. The highest BCUT2D eigenvalue weighted by Gasteiger charge is 2.37.